The number of nitrogens with zero attached hydrogens (tertiary/aromatic N) is 1. The van der Waals surface area contributed by atoms with Crippen molar-refractivity contribution in [3.63, 3.8) is 0 Å². The minimum absolute atomic E-state index is 0.215. The molecule has 21 heavy (non-hydrogen) atoms. The highest BCUT2D eigenvalue weighted by Crippen LogP contribution is 2.18. The summed E-state index contributed by atoms with van der Waals surface area (Å²) in [6.45, 7) is 2.01. The third-order valence-corrected chi connectivity index (χ3v) is 3.39. The number of nitro groups is 1. The molecule has 1 unspecified atom stereocenters. The van der Waals surface area contributed by atoms with E-state index in [4.69, 9.17) is 5.73 Å². The number of benzene rings is 2. The predicted octanol–water partition coefficient (Wildman–Crippen LogP) is 3.15. The Bertz CT molecular complexity index is 658. The van der Waals surface area contributed by atoms with Crippen LogP contribution in [0.25, 0.3) is 0 Å². The van der Waals surface area contributed by atoms with Crippen molar-refractivity contribution >= 4 is 5.69 Å². The van der Waals surface area contributed by atoms with Gasteiger partial charge in [0.1, 0.15) is 5.82 Å². The molecule has 2 rings (SSSR count). The number of hydrogen-bond acceptors (Lipinski definition) is 3. The molecule has 0 spiro atoms. The normalized spacial score (nSPS) is 12.1. The van der Waals surface area contributed by atoms with Crippen LogP contribution in [-0.2, 0) is 12.8 Å². The number of non-ortho nitro benzene ring substituents is 1. The first kappa shape index (κ1) is 15.1. The Morgan fingerprint density at radius 1 is 1.24 bits per heavy atom. The van der Waals surface area contributed by atoms with E-state index in [-0.39, 0.29) is 11.7 Å². The zero-order chi connectivity index (χ0) is 15.4. The molecule has 0 radical (unpaired) electrons. The molecule has 1 atom stereocenters. The van der Waals surface area contributed by atoms with Crippen LogP contribution < -0.4 is 5.73 Å². The zero-order valence-electron chi connectivity index (χ0n) is 11.8. The second-order valence-corrected chi connectivity index (χ2v) is 5.17. The average molecular weight is 288 g/mol. The quantitative estimate of drug-likeness (QED) is 0.678. The van der Waals surface area contributed by atoms with Gasteiger partial charge >= 0.3 is 0 Å². The maximum atomic E-state index is 13.4. The maximum Gasteiger partial charge on any atom is 0.272 e. The molecular weight excluding hydrogens is 271 g/mol. The minimum Gasteiger partial charge on any atom is -0.327 e. The van der Waals surface area contributed by atoms with Crippen molar-refractivity contribution in [3.05, 3.63) is 75.1 Å². The van der Waals surface area contributed by atoms with Crippen LogP contribution in [0.3, 0.4) is 0 Å². The van der Waals surface area contributed by atoms with Gasteiger partial charge in [-0.15, -0.1) is 0 Å². The van der Waals surface area contributed by atoms with Crippen molar-refractivity contribution in [1.82, 2.24) is 0 Å². The Balaban J connectivity index is 2.11. The van der Waals surface area contributed by atoms with Crippen LogP contribution in [0.15, 0.2) is 42.5 Å². The van der Waals surface area contributed by atoms with E-state index >= 15 is 0 Å². The SMILES string of the molecule is Cc1ccccc1CC(N)Cc1cc(F)cc([N+](=O)[O-])c1. The van der Waals surface area contributed by atoms with Crippen molar-refractivity contribution in [2.45, 2.75) is 25.8 Å². The highest BCUT2D eigenvalue weighted by atomic mass is 19.1. The number of rotatable bonds is 5. The monoisotopic (exact) mass is 288 g/mol. The molecule has 0 aliphatic carbocycles. The Morgan fingerprint density at radius 3 is 2.62 bits per heavy atom. The summed E-state index contributed by atoms with van der Waals surface area (Å²) < 4.78 is 13.4. The van der Waals surface area contributed by atoms with Crippen molar-refractivity contribution < 1.29 is 9.31 Å². The lowest BCUT2D eigenvalue weighted by molar-refractivity contribution is -0.385. The van der Waals surface area contributed by atoms with E-state index in [1.54, 1.807) is 0 Å². The summed E-state index contributed by atoms with van der Waals surface area (Å²) in [5.74, 6) is -0.609. The molecule has 2 N–H and O–H groups in total. The van der Waals surface area contributed by atoms with Gasteiger partial charge in [0.25, 0.3) is 5.69 Å². The number of halogens is 1. The van der Waals surface area contributed by atoms with Crippen LogP contribution >= 0.6 is 0 Å². The number of nitrogens with two attached hydrogens (primary N) is 1. The van der Waals surface area contributed by atoms with Gasteiger partial charge in [0.15, 0.2) is 0 Å². The van der Waals surface area contributed by atoms with Crippen LogP contribution in [-0.4, -0.2) is 11.0 Å². The highest BCUT2D eigenvalue weighted by Gasteiger charge is 2.13. The van der Waals surface area contributed by atoms with E-state index in [9.17, 15) is 14.5 Å². The molecule has 0 fully saturated rings. The Kier molecular flexibility index (Phi) is 4.65. The largest absolute Gasteiger partial charge is 0.327 e. The molecule has 2 aromatic carbocycles. The van der Waals surface area contributed by atoms with Crippen LogP contribution in [0.2, 0.25) is 0 Å². The van der Waals surface area contributed by atoms with Crippen molar-refractivity contribution in [1.29, 1.82) is 0 Å². The molecule has 0 bridgehead atoms. The smallest absolute Gasteiger partial charge is 0.272 e. The lowest BCUT2D eigenvalue weighted by atomic mass is 9.97. The fraction of sp³-hybridized carbons (Fsp3) is 0.250. The lowest BCUT2D eigenvalue weighted by Gasteiger charge is -2.13. The minimum atomic E-state index is -0.609. The lowest BCUT2D eigenvalue weighted by Crippen LogP contribution is -2.26. The van der Waals surface area contributed by atoms with E-state index < -0.39 is 10.7 Å². The van der Waals surface area contributed by atoms with Crippen LogP contribution in [0.5, 0.6) is 0 Å². The fourth-order valence-electron chi connectivity index (χ4n) is 2.35. The van der Waals surface area contributed by atoms with Gasteiger partial charge in [-0.25, -0.2) is 4.39 Å². The van der Waals surface area contributed by atoms with Crippen molar-refractivity contribution in [3.8, 4) is 0 Å². The second-order valence-electron chi connectivity index (χ2n) is 5.17. The van der Waals surface area contributed by atoms with Gasteiger partial charge in [0.2, 0.25) is 0 Å². The first-order valence-electron chi connectivity index (χ1n) is 6.69. The molecule has 2 aromatic rings. The molecular formula is C16H17FN2O2. The summed E-state index contributed by atoms with van der Waals surface area (Å²) in [6.07, 6.45) is 1.05. The summed E-state index contributed by atoms with van der Waals surface area (Å²) in [6, 6.07) is 11.3. The molecule has 110 valence electrons. The molecule has 0 saturated carbocycles. The number of nitro benzene ring substituents is 1. The van der Waals surface area contributed by atoms with Crippen LogP contribution in [0, 0.1) is 22.9 Å². The van der Waals surface area contributed by atoms with E-state index in [1.165, 1.54) is 12.1 Å². The fourth-order valence-corrected chi connectivity index (χ4v) is 2.35. The average Bonchev–Trinajstić information content (AvgIpc) is 2.40. The Morgan fingerprint density at radius 2 is 1.95 bits per heavy atom. The second kappa shape index (κ2) is 6.45. The van der Waals surface area contributed by atoms with Gasteiger partial charge < -0.3 is 5.73 Å². The van der Waals surface area contributed by atoms with Crippen molar-refractivity contribution in [2.24, 2.45) is 5.73 Å². The Labute approximate surface area is 122 Å². The number of hydrogen-bond donors (Lipinski definition) is 1. The summed E-state index contributed by atoms with van der Waals surface area (Å²) in [5, 5.41) is 10.7. The van der Waals surface area contributed by atoms with E-state index in [0.29, 0.717) is 18.4 Å². The highest BCUT2D eigenvalue weighted by molar-refractivity contribution is 5.36. The predicted molar refractivity (Wildman–Crippen MR) is 79.6 cm³/mol. The summed E-state index contributed by atoms with van der Waals surface area (Å²) >= 11 is 0. The zero-order valence-corrected chi connectivity index (χ0v) is 11.8. The van der Waals surface area contributed by atoms with E-state index in [0.717, 1.165) is 17.2 Å². The third-order valence-electron chi connectivity index (χ3n) is 3.39. The van der Waals surface area contributed by atoms with Gasteiger partial charge in [-0.3, -0.25) is 10.1 Å². The van der Waals surface area contributed by atoms with Gasteiger partial charge in [0.05, 0.1) is 11.0 Å². The summed E-state index contributed by atoms with van der Waals surface area (Å²) in [7, 11) is 0. The molecule has 5 heteroatoms. The molecule has 4 nitrogen and oxygen atoms in total. The summed E-state index contributed by atoms with van der Waals surface area (Å²) in [4.78, 5) is 10.1. The molecule has 0 amide bonds. The number of aryl methyl sites for hydroxylation is 1. The molecule has 0 aliphatic rings. The molecule has 0 saturated heterocycles. The molecule has 0 aromatic heterocycles. The van der Waals surface area contributed by atoms with Crippen LogP contribution in [0.4, 0.5) is 10.1 Å². The maximum absolute atomic E-state index is 13.4. The van der Waals surface area contributed by atoms with Gasteiger partial charge in [-0.2, -0.15) is 0 Å². The first-order chi connectivity index (χ1) is 9.95. The molecule has 0 aliphatic heterocycles. The van der Waals surface area contributed by atoms with Gasteiger partial charge in [0, 0.05) is 12.1 Å². The van der Waals surface area contributed by atoms with Crippen molar-refractivity contribution in [2.75, 3.05) is 0 Å². The summed E-state index contributed by atoms with van der Waals surface area (Å²) in [5.41, 5.74) is 8.68. The standard InChI is InChI=1S/C16H17FN2O2/c1-11-4-2-3-5-13(11)9-15(18)7-12-6-14(17)10-16(8-12)19(20)21/h2-6,8,10,15H,7,9,18H2,1H3. The first-order valence-corrected chi connectivity index (χ1v) is 6.69. The van der Waals surface area contributed by atoms with Gasteiger partial charge in [-0.1, -0.05) is 24.3 Å². The molecule has 0 heterocycles. The van der Waals surface area contributed by atoms with E-state index in [1.807, 2.05) is 31.2 Å². The van der Waals surface area contributed by atoms with Gasteiger partial charge in [-0.05, 0) is 42.5 Å². The Hall–Kier alpha value is -2.27. The third kappa shape index (κ3) is 4.10. The topological polar surface area (TPSA) is 69.2 Å². The van der Waals surface area contributed by atoms with E-state index in [2.05, 4.69) is 0 Å². The van der Waals surface area contributed by atoms with Crippen LogP contribution in [0.1, 0.15) is 16.7 Å².